The first-order valence-electron chi connectivity index (χ1n) is 6.18. The van der Waals surface area contributed by atoms with Gasteiger partial charge in [-0.1, -0.05) is 12.2 Å². The second-order valence-corrected chi connectivity index (χ2v) is 6.33. The molecule has 0 saturated carbocycles. The van der Waals surface area contributed by atoms with E-state index in [0.717, 1.165) is 0 Å². The number of carboxylic acids is 1. The number of carbonyl (C=O) groups excluding carboxylic acids is 1. The molecule has 3 aliphatic rings. The molecule has 0 aromatic carbocycles. The monoisotopic (exact) mass is 251 g/mol. The Labute approximate surface area is 105 Å². The maximum atomic E-state index is 12.5. The van der Waals surface area contributed by atoms with Crippen molar-refractivity contribution < 1.29 is 19.4 Å². The van der Waals surface area contributed by atoms with Gasteiger partial charge in [-0.15, -0.1) is 0 Å². The molecule has 2 saturated heterocycles. The molecule has 3 heterocycles. The van der Waals surface area contributed by atoms with Crippen LogP contribution in [0.1, 0.15) is 20.8 Å². The Balaban J connectivity index is 2.02. The highest BCUT2D eigenvalue weighted by atomic mass is 16.5. The van der Waals surface area contributed by atoms with Crippen molar-refractivity contribution in [1.29, 1.82) is 0 Å². The summed E-state index contributed by atoms with van der Waals surface area (Å²) < 4.78 is 5.80. The second kappa shape index (κ2) is 3.15. The molecule has 0 radical (unpaired) electrons. The lowest BCUT2D eigenvalue weighted by atomic mass is 9.77. The average Bonchev–Trinajstić information content (AvgIpc) is 2.85. The number of hydrogen-bond donors (Lipinski definition) is 1. The summed E-state index contributed by atoms with van der Waals surface area (Å²) in [4.78, 5) is 25.6. The molecular weight excluding hydrogens is 234 g/mol. The predicted molar refractivity (Wildman–Crippen MR) is 62.8 cm³/mol. The summed E-state index contributed by atoms with van der Waals surface area (Å²) in [6.07, 6.45) is 3.22. The van der Waals surface area contributed by atoms with Gasteiger partial charge in [-0.25, -0.2) is 0 Å². The van der Waals surface area contributed by atoms with E-state index in [0.29, 0.717) is 6.54 Å². The van der Waals surface area contributed by atoms with E-state index in [9.17, 15) is 14.7 Å². The van der Waals surface area contributed by atoms with E-state index in [1.54, 1.807) is 11.0 Å². The van der Waals surface area contributed by atoms with Crippen LogP contribution in [0.3, 0.4) is 0 Å². The number of aliphatic carboxylic acids is 1. The fourth-order valence-electron chi connectivity index (χ4n) is 3.35. The van der Waals surface area contributed by atoms with Crippen molar-refractivity contribution in [2.75, 3.05) is 6.54 Å². The van der Waals surface area contributed by atoms with Crippen LogP contribution in [0.25, 0.3) is 0 Å². The van der Waals surface area contributed by atoms with Crippen molar-refractivity contribution in [1.82, 2.24) is 4.90 Å². The van der Waals surface area contributed by atoms with E-state index >= 15 is 0 Å². The average molecular weight is 251 g/mol. The van der Waals surface area contributed by atoms with Crippen LogP contribution < -0.4 is 0 Å². The van der Waals surface area contributed by atoms with Gasteiger partial charge in [0.25, 0.3) is 0 Å². The van der Waals surface area contributed by atoms with Crippen molar-refractivity contribution in [2.24, 2.45) is 11.8 Å². The zero-order valence-corrected chi connectivity index (χ0v) is 10.7. The Morgan fingerprint density at radius 2 is 2.22 bits per heavy atom. The van der Waals surface area contributed by atoms with Gasteiger partial charge in [-0.3, -0.25) is 9.59 Å². The third-order valence-electron chi connectivity index (χ3n) is 4.20. The first-order valence-corrected chi connectivity index (χ1v) is 6.18. The number of likely N-dealkylation sites (tertiary alicyclic amines) is 1. The van der Waals surface area contributed by atoms with E-state index in [4.69, 9.17) is 4.74 Å². The van der Waals surface area contributed by atoms with Gasteiger partial charge in [-0.2, -0.15) is 0 Å². The zero-order chi connectivity index (χ0) is 13.3. The Morgan fingerprint density at radius 1 is 1.56 bits per heavy atom. The van der Waals surface area contributed by atoms with Gasteiger partial charge in [0.2, 0.25) is 5.91 Å². The fourth-order valence-corrected chi connectivity index (χ4v) is 3.35. The molecule has 5 nitrogen and oxygen atoms in total. The van der Waals surface area contributed by atoms with Gasteiger partial charge >= 0.3 is 5.97 Å². The maximum Gasteiger partial charge on any atom is 0.310 e. The number of hydrogen-bond acceptors (Lipinski definition) is 3. The SMILES string of the molecule is CC(C)(C)N1C[C@]23C=C[C@H](O2)[C@H](C(=O)O)[C@@H]3C1=O. The highest BCUT2D eigenvalue weighted by Gasteiger charge is 2.67. The number of carboxylic acid groups (broad SMARTS) is 1. The molecular formula is C13H17NO4. The van der Waals surface area contributed by atoms with Gasteiger partial charge < -0.3 is 14.7 Å². The lowest BCUT2D eigenvalue weighted by Crippen LogP contribution is -2.45. The van der Waals surface area contributed by atoms with Gasteiger partial charge in [-0.05, 0) is 20.8 Å². The highest BCUT2D eigenvalue weighted by molar-refractivity contribution is 5.91. The molecule has 0 aliphatic carbocycles. The van der Waals surface area contributed by atoms with Crippen molar-refractivity contribution in [2.45, 2.75) is 38.0 Å². The van der Waals surface area contributed by atoms with E-state index < -0.39 is 29.5 Å². The largest absolute Gasteiger partial charge is 0.481 e. The van der Waals surface area contributed by atoms with E-state index in [1.807, 2.05) is 26.8 Å². The van der Waals surface area contributed by atoms with Crippen molar-refractivity contribution in [3.05, 3.63) is 12.2 Å². The van der Waals surface area contributed by atoms with E-state index in [1.165, 1.54) is 0 Å². The topological polar surface area (TPSA) is 66.8 Å². The summed E-state index contributed by atoms with van der Waals surface area (Å²) in [6.45, 7) is 6.31. The normalized spacial score (nSPS) is 41.6. The van der Waals surface area contributed by atoms with Gasteiger partial charge in [0.1, 0.15) is 11.5 Å². The summed E-state index contributed by atoms with van der Waals surface area (Å²) in [5, 5.41) is 9.30. The quantitative estimate of drug-likeness (QED) is 0.695. The standard InChI is InChI=1S/C13H17NO4/c1-12(2,3)14-6-13-5-4-7(18-13)8(11(16)17)9(13)10(14)15/h4-5,7-9H,6H2,1-3H3,(H,16,17)/t7-,8-,9+,13-/m0/s1. The molecule has 1 amide bonds. The summed E-state index contributed by atoms with van der Waals surface area (Å²) in [5.74, 6) is -2.35. The highest BCUT2D eigenvalue weighted by Crippen LogP contribution is 2.52. The number of carbonyl (C=O) groups is 2. The van der Waals surface area contributed by atoms with Crippen LogP contribution in [-0.4, -0.2) is 45.7 Å². The Bertz CT molecular complexity index is 464. The first kappa shape index (κ1) is 11.7. The molecule has 0 unspecified atom stereocenters. The molecule has 1 spiro atoms. The van der Waals surface area contributed by atoms with Crippen LogP contribution in [0, 0.1) is 11.8 Å². The third kappa shape index (κ3) is 1.25. The zero-order valence-electron chi connectivity index (χ0n) is 10.7. The van der Waals surface area contributed by atoms with Gasteiger partial charge in [0.15, 0.2) is 0 Å². The number of rotatable bonds is 1. The lowest BCUT2D eigenvalue weighted by Gasteiger charge is -2.33. The molecule has 4 atom stereocenters. The number of amides is 1. The van der Waals surface area contributed by atoms with Crippen LogP contribution in [0.15, 0.2) is 12.2 Å². The van der Waals surface area contributed by atoms with Crippen molar-refractivity contribution >= 4 is 11.9 Å². The molecule has 2 fully saturated rings. The molecule has 5 heteroatoms. The maximum absolute atomic E-state index is 12.5. The molecule has 3 aliphatic heterocycles. The molecule has 3 rings (SSSR count). The van der Waals surface area contributed by atoms with Crippen LogP contribution in [-0.2, 0) is 14.3 Å². The fraction of sp³-hybridized carbons (Fsp3) is 0.692. The van der Waals surface area contributed by atoms with Gasteiger partial charge in [0, 0.05) is 5.54 Å². The van der Waals surface area contributed by atoms with Crippen molar-refractivity contribution in [3.63, 3.8) is 0 Å². The lowest BCUT2D eigenvalue weighted by molar-refractivity contribution is -0.149. The minimum atomic E-state index is -0.944. The van der Waals surface area contributed by atoms with Crippen LogP contribution in [0.5, 0.6) is 0 Å². The molecule has 0 aromatic heterocycles. The Morgan fingerprint density at radius 3 is 2.78 bits per heavy atom. The number of ether oxygens (including phenoxy) is 1. The molecule has 0 aromatic rings. The molecule has 1 N–H and O–H groups in total. The van der Waals surface area contributed by atoms with Crippen LogP contribution in [0.2, 0.25) is 0 Å². The second-order valence-electron chi connectivity index (χ2n) is 6.33. The minimum Gasteiger partial charge on any atom is -0.481 e. The third-order valence-corrected chi connectivity index (χ3v) is 4.20. The number of fused-ring (bicyclic) bond motifs is 1. The van der Waals surface area contributed by atoms with Crippen molar-refractivity contribution in [3.8, 4) is 0 Å². The first-order chi connectivity index (χ1) is 8.26. The minimum absolute atomic E-state index is 0.0956. The Kier molecular flexibility index (Phi) is 2.05. The van der Waals surface area contributed by atoms with E-state index in [-0.39, 0.29) is 11.4 Å². The van der Waals surface area contributed by atoms with E-state index in [2.05, 4.69) is 0 Å². The van der Waals surface area contributed by atoms with Crippen LogP contribution >= 0.6 is 0 Å². The molecule has 2 bridgehead atoms. The summed E-state index contributed by atoms with van der Waals surface area (Å²) in [7, 11) is 0. The number of nitrogens with zero attached hydrogens (tertiary/aromatic N) is 1. The Hall–Kier alpha value is -1.36. The predicted octanol–water partition coefficient (Wildman–Crippen LogP) is 0.651. The van der Waals surface area contributed by atoms with Crippen LogP contribution in [0.4, 0.5) is 0 Å². The molecule has 18 heavy (non-hydrogen) atoms. The summed E-state index contributed by atoms with van der Waals surface area (Å²) in [5.41, 5.74) is -1.02. The summed E-state index contributed by atoms with van der Waals surface area (Å²) >= 11 is 0. The smallest absolute Gasteiger partial charge is 0.310 e. The van der Waals surface area contributed by atoms with Gasteiger partial charge in [0.05, 0.1) is 18.6 Å². The molecule has 98 valence electrons. The summed E-state index contributed by atoms with van der Waals surface area (Å²) in [6, 6.07) is 0.